The lowest BCUT2D eigenvalue weighted by atomic mass is 9.83. The summed E-state index contributed by atoms with van der Waals surface area (Å²) in [6, 6.07) is 5.30. The summed E-state index contributed by atoms with van der Waals surface area (Å²) in [5.74, 6) is -0.887. The van der Waals surface area contributed by atoms with Crippen LogP contribution in [0, 0.1) is 0 Å². The lowest BCUT2D eigenvalue weighted by Gasteiger charge is -2.26. The number of ether oxygens (including phenoxy) is 6. The molecule has 0 radical (unpaired) electrons. The Hall–Kier alpha value is -3.04. The van der Waals surface area contributed by atoms with Crippen molar-refractivity contribution in [2.45, 2.75) is 5.92 Å². The van der Waals surface area contributed by atoms with E-state index in [0.717, 1.165) is 0 Å². The molecule has 0 saturated heterocycles. The summed E-state index contributed by atoms with van der Waals surface area (Å²) in [6.07, 6.45) is 3.00. The van der Waals surface area contributed by atoms with Crippen LogP contribution < -0.4 is 14.8 Å². The SMILES string of the molecule is COCCOC(=O)C1=CNC=C(C(=O)OCCOC)C1c1cccc2c1OCO2. The highest BCUT2D eigenvalue weighted by Gasteiger charge is 2.37. The molecule has 9 heteroatoms. The van der Waals surface area contributed by atoms with Crippen LogP contribution in [-0.4, -0.2) is 59.4 Å². The second kappa shape index (κ2) is 9.94. The summed E-state index contributed by atoms with van der Waals surface area (Å²) < 4.78 is 31.4. The zero-order chi connectivity index (χ0) is 20.6. The predicted molar refractivity (Wildman–Crippen MR) is 100 cm³/mol. The van der Waals surface area contributed by atoms with Crippen LogP contribution in [0.1, 0.15) is 11.5 Å². The van der Waals surface area contributed by atoms with E-state index in [4.69, 9.17) is 28.4 Å². The summed E-state index contributed by atoms with van der Waals surface area (Å²) in [5.41, 5.74) is 1.09. The third-order valence-electron chi connectivity index (χ3n) is 4.35. The lowest BCUT2D eigenvalue weighted by molar-refractivity contribution is -0.141. The number of carbonyl (C=O) groups is 2. The number of dihydropyridines is 1. The van der Waals surface area contributed by atoms with E-state index in [1.54, 1.807) is 18.2 Å². The average molecular weight is 405 g/mol. The molecular formula is C20H23NO8. The molecule has 2 aliphatic rings. The van der Waals surface area contributed by atoms with Gasteiger partial charge >= 0.3 is 11.9 Å². The first-order chi connectivity index (χ1) is 14.2. The summed E-state index contributed by atoms with van der Waals surface area (Å²) >= 11 is 0. The maximum absolute atomic E-state index is 12.7. The van der Waals surface area contributed by atoms with E-state index in [1.165, 1.54) is 26.6 Å². The standard InChI is InChI=1S/C20H23NO8/c1-24-6-8-26-19(22)14-10-21-11-15(20(23)27-9-7-25-2)17(14)13-4-3-5-16-18(13)29-12-28-16/h3-5,10-11,17,21H,6-9,12H2,1-2H3. The summed E-state index contributed by atoms with van der Waals surface area (Å²) in [7, 11) is 3.03. The molecule has 1 N–H and O–H groups in total. The van der Waals surface area contributed by atoms with Gasteiger partial charge in [-0.25, -0.2) is 9.59 Å². The van der Waals surface area contributed by atoms with Crippen LogP contribution >= 0.6 is 0 Å². The van der Waals surface area contributed by atoms with E-state index in [1.807, 2.05) is 0 Å². The second-order valence-corrected chi connectivity index (χ2v) is 6.14. The maximum Gasteiger partial charge on any atom is 0.336 e. The quantitative estimate of drug-likeness (QED) is 0.480. The van der Waals surface area contributed by atoms with E-state index >= 15 is 0 Å². The molecule has 0 unspecified atom stereocenters. The number of esters is 2. The zero-order valence-corrected chi connectivity index (χ0v) is 16.3. The van der Waals surface area contributed by atoms with Crippen LogP contribution in [0.4, 0.5) is 0 Å². The molecule has 156 valence electrons. The topological polar surface area (TPSA) is 102 Å². The van der Waals surface area contributed by atoms with Crippen LogP contribution in [-0.2, 0) is 28.5 Å². The number of hydrogen-bond acceptors (Lipinski definition) is 9. The van der Waals surface area contributed by atoms with Gasteiger partial charge in [-0.05, 0) is 6.07 Å². The zero-order valence-electron chi connectivity index (χ0n) is 16.3. The van der Waals surface area contributed by atoms with Crippen molar-refractivity contribution in [3.8, 4) is 11.5 Å². The molecule has 0 amide bonds. The van der Waals surface area contributed by atoms with Gasteiger partial charge in [0.05, 0.1) is 30.3 Å². The molecule has 0 fully saturated rings. The minimum absolute atomic E-state index is 0.0615. The molecular weight excluding hydrogens is 382 g/mol. The number of nitrogens with one attached hydrogen (secondary N) is 1. The molecule has 29 heavy (non-hydrogen) atoms. The van der Waals surface area contributed by atoms with Gasteiger partial charge in [0.25, 0.3) is 0 Å². The molecule has 0 aromatic heterocycles. The molecule has 1 aromatic rings. The molecule has 3 rings (SSSR count). The van der Waals surface area contributed by atoms with Crippen LogP contribution in [0.25, 0.3) is 0 Å². The molecule has 1 aromatic carbocycles. The maximum atomic E-state index is 12.7. The van der Waals surface area contributed by atoms with Gasteiger partial charge in [0.1, 0.15) is 13.2 Å². The van der Waals surface area contributed by atoms with E-state index in [0.29, 0.717) is 17.1 Å². The predicted octanol–water partition coefficient (Wildman–Crippen LogP) is 1.25. The highest BCUT2D eigenvalue weighted by molar-refractivity contribution is 5.99. The number of methoxy groups -OCH3 is 2. The number of para-hydroxylation sites is 1. The smallest absolute Gasteiger partial charge is 0.336 e. The van der Waals surface area contributed by atoms with Crippen LogP contribution in [0.2, 0.25) is 0 Å². The van der Waals surface area contributed by atoms with Crippen molar-refractivity contribution < 1.29 is 38.0 Å². The summed E-state index contributed by atoms with van der Waals surface area (Å²) in [4.78, 5) is 25.5. The van der Waals surface area contributed by atoms with Crippen molar-refractivity contribution in [3.05, 3.63) is 47.3 Å². The molecule has 0 atom stereocenters. The Morgan fingerprint density at radius 1 is 0.966 bits per heavy atom. The largest absolute Gasteiger partial charge is 0.460 e. The Morgan fingerprint density at radius 2 is 1.59 bits per heavy atom. The normalized spacial score (nSPS) is 15.2. The minimum Gasteiger partial charge on any atom is -0.460 e. The van der Waals surface area contributed by atoms with E-state index in [2.05, 4.69) is 5.32 Å². The number of fused-ring (bicyclic) bond motifs is 1. The second-order valence-electron chi connectivity index (χ2n) is 6.14. The number of carbonyl (C=O) groups excluding carboxylic acids is 2. The van der Waals surface area contributed by atoms with Gasteiger partial charge in [-0.1, -0.05) is 12.1 Å². The molecule has 2 aliphatic heterocycles. The van der Waals surface area contributed by atoms with Crippen molar-refractivity contribution in [2.24, 2.45) is 0 Å². The van der Waals surface area contributed by atoms with Gasteiger partial charge in [0.15, 0.2) is 11.5 Å². The fourth-order valence-corrected chi connectivity index (χ4v) is 3.03. The van der Waals surface area contributed by atoms with E-state index in [-0.39, 0.29) is 44.4 Å². The lowest BCUT2D eigenvalue weighted by Crippen LogP contribution is -2.28. The third-order valence-corrected chi connectivity index (χ3v) is 4.35. The first kappa shape index (κ1) is 20.7. The van der Waals surface area contributed by atoms with Gasteiger partial charge in [0.2, 0.25) is 6.79 Å². The highest BCUT2D eigenvalue weighted by Crippen LogP contribution is 2.45. The van der Waals surface area contributed by atoms with Gasteiger partial charge in [0, 0.05) is 32.2 Å². The van der Waals surface area contributed by atoms with Crippen molar-refractivity contribution in [1.29, 1.82) is 0 Å². The van der Waals surface area contributed by atoms with Crippen molar-refractivity contribution in [1.82, 2.24) is 5.32 Å². The summed E-state index contributed by atoms with van der Waals surface area (Å²) in [6.45, 7) is 0.756. The molecule has 0 bridgehead atoms. The van der Waals surface area contributed by atoms with Crippen LogP contribution in [0.3, 0.4) is 0 Å². The number of rotatable bonds is 9. The molecule has 0 aliphatic carbocycles. The Labute approximate surface area is 168 Å². The van der Waals surface area contributed by atoms with Crippen molar-refractivity contribution in [3.63, 3.8) is 0 Å². The van der Waals surface area contributed by atoms with Crippen molar-refractivity contribution >= 4 is 11.9 Å². The Balaban J connectivity index is 1.92. The average Bonchev–Trinajstić information content (AvgIpc) is 3.22. The van der Waals surface area contributed by atoms with Crippen LogP contribution in [0.5, 0.6) is 11.5 Å². The first-order valence-corrected chi connectivity index (χ1v) is 9.04. The first-order valence-electron chi connectivity index (χ1n) is 9.04. The van der Waals surface area contributed by atoms with E-state index in [9.17, 15) is 9.59 Å². The number of benzene rings is 1. The Bertz CT molecular complexity index is 779. The third kappa shape index (κ3) is 4.69. The van der Waals surface area contributed by atoms with Gasteiger partial charge in [-0.3, -0.25) is 0 Å². The van der Waals surface area contributed by atoms with Crippen molar-refractivity contribution in [2.75, 3.05) is 47.4 Å². The molecule has 0 saturated carbocycles. The molecule has 9 nitrogen and oxygen atoms in total. The fourth-order valence-electron chi connectivity index (χ4n) is 3.03. The summed E-state index contributed by atoms with van der Waals surface area (Å²) in [5, 5.41) is 2.83. The van der Waals surface area contributed by atoms with Crippen LogP contribution in [0.15, 0.2) is 41.7 Å². The highest BCUT2D eigenvalue weighted by atomic mass is 16.7. The minimum atomic E-state index is -0.752. The Kier molecular flexibility index (Phi) is 7.09. The van der Waals surface area contributed by atoms with E-state index < -0.39 is 17.9 Å². The Morgan fingerprint density at radius 3 is 2.17 bits per heavy atom. The number of hydrogen-bond donors (Lipinski definition) is 1. The molecule has 2 heterocycles. The monoisotopic (exact) mass is 405 g/mol. The fraction of sp³-hybridized carbons (Fsp3) is 0.400. The van der Waals surface area contributed by atoms with Gasteiger partial charge < -0.3 is 33.7 Å². The van der Waals surface area contributed by atoms with Gasteiger partial charge in [-0.2, -0.15) is 0 Å². The van der Waals surface area contributed by atoms with Gasteiger partial charge in [-0.15, -0.1) is 0 Å². The molecule has 0 spiro atoms.